The molecule has 0 bridgehead atoms. The van der Waals surface area contributed by atoms with Gasteiger partial charge >= 0.3 is 0 Å². The second kappa shape index (κ2) is 6.29. The monoisotopic (exact) mass is 316 g/mol. The fourth-order valence-corrected chi connectivity index (χ4v) is 2.49. The van der Waals surface area contributed by atoms with Gasteiger partial charge in [0.15, 0.2) is 0 Å². The van der Waals surface area contributed by atoms with Gasteiger partial charge in [-0.15, -0.1) is 0 Å². The number of aromatic nitrogens is 2. The van der Waals surface area contributed by atoms with Crippen molar-refractivity contribution in [1.82, 2.24) is 15.4 Å². The number of rotatable bonds is 5. The first-order valence-corrected chi connectivity index (χ1v) is 7.27. The van der Waals surface area contributed by atoms with Crippen molar-refractivity contribution in [1.29, 1.82) is 5.41 Å². The van der Waals surface area contributed by atoms with E-state index in [1.54, 1.807) is 19.2 Å². The molecule has 1 aromatic carbocycles. The average Bonchev–Trinajstić information content (AvgIpc) is 3.39. The Bertz CT molecular complexity index is 747. The van der Waals surface area contributed by atoms with Crippen LogP contribution >= 0.6 is 0 Å². The standard InChI is InChI=1S/C16H17FN4O2/c1-19-23-15(18)11-7-10(5-6-12(11)17)13-14(9-3-4-9)20-8-21-16(13)22-2/h5-9,18-19H,3-4H2,1-2H3. The van der Waals surface area contributed by atoms with Crippen molar-refractivity contribution in [2.75, 3.05) is 14.2 Å². The number of hydrogen-bond acceptors (Lipinski definition) is 6. The van der Waals surface area contributed by atoms with Crippen molar-refractivity contribution in [3.8, 4) is 17.0 Å². The minimum Gasteiger partial charge on any atom is -0.480 e. The SMILES string of the molecule is CNOC(=N)c1cc(-c2c(OC)ncnc2C2CC2)ccc1F. The van der Waals surface area contributed by atoms with E-state index in [0.29, 0.717) is 17.4 Å². The summed E-state index contributed by atoms with van der Waals surface area (Å²) in [5.74, 6) is -0.00244. The molecule has 2 aromatic rings. The molecule has 1 fully saturated rings. The van der Waals surface area contributed by atoms with Gasteiger partial charge in [0, 0.05) is 13.0 Å². The van der Waals surface area contributed by atoms with E-state index in [4.69, 9.17) is 15.0 Å². The zero-order valence-electron chi connectivity index (χ0n) is 12.9. The molecule has 0 aliphatic heterocycles. The third kappa shape index (κ3) is 3.00. The molecule has 1 saturated carbocycles. The summed E-state index contributed by atoms with van der Waals surface area (Å²) >= 11 is 0. The third-order valence-electron chi connectivity index (χ3n) is 3.70. The minimum atomic E-state index is -0.530. The van der Waals surface area contributed by atoms with Crippen molar-refractivity contribution in [3.63, 3.8) is 0 Å². The van der Waals surface area contributed by atoms with Crippen LogP contribution in [-0.4, -0.2) is 30.0 Å². The number of benzene rings is 1. The molecule has 0 saturated heterocycles. The van der Waals surface area contributed by atoms with Crippen LogP contribution in [0.3, 0.4) is 0 Å². The maximum absolute atomic E-state index is 14.0. The molecule has 1 aliphatic carbocycles. The molecule has 2 N–H and O–H groups in total. The molecule has 0 radical (unpaired) electrons. The Morgan fingerprint density at radius 3 is 2.78 bits per heavy atom. The van der Waals surface area contributed by atoms with E-state index >= 15 is 0 Å². The quantitative estimate of drug-likeness (QED) is 0.503. The molecule has 3 rings (SSSR count). The van der Waals surface area contributed by atoms with Crippen molar-refractivity contribution in [2.45, 2.75) is 18.8 Å². The minimum absolute atomic E-state index is 0.0597. The Labute approximate surface area is 133 Å². The lowest BCUT2D eigenvalue weighted by Crippen LogP contribution is -2.16. The van der Waals surface area contributed by atoms with Gasteiger partial charge in [0.25, 0.3) is 0 Å². The fourth-order valence-electron chi connectivity index (χ4n) is 2.49. The molecule has 0 amide bonds. The summed E-state index contributed by atoms with van der Waals surface area (Å²) in [4.78, 5) is 13.4. The highest BCUT2D eigenvalue weighted by molar-refractivity contribution is 5.93. The molecule has 1 heterocycles. The summed E-state index contributed by atoms with van der Waals surface area (Å²) in [6, 6.07) is 4.50. The second-order valence-corrected chi connectivity index (χ2v) is 5.25. The highest BCUT2D eigenvalue weighted by atomic mass is 19.1. The summed E-state index contributed by atoms with van der Waals surface area (Å²) in [6.07, 6.45) is 3.62. The van der Waals surface area contributed by atoms with Crippen LogP contribution in [0.15, 0.2) is 24.5 Å². The van der Waals surface area contributed by atoms with E-state index in [2.05, 4.69) is 15.4 Å². The molecule has 120 valence electrons. The Kier molecular flexibility index (Phi) is 4.20. The van der Waals surface area contributed by atoms with E-state index in [-0.39, 0.29) is 11.5 Å². The lowest BCUT2D eigenvalue weighted by atomic mass is 10.00. The maximum atomic E-state index is 14.0. The highest BCUT2D eigenvalue weighted by Gasteiger charge is 2.30. The molecule has 0 atom stereocenters. The smallest absolute Gasteiger partial charge is 0.240 e. The highest BCUT2D eigenvalue weighted by Crippen LogP contribution is 2.45. The van der Waals surface area contributed by atoms with Gasteiger partial charge in [0.05, 0.1) is 23.9 Å². The number of hydroxylamine groups is 1. The van der Waals surface area contributed by atoms with Crippen LogP contribution in [-0.2, 0) is 4.84 Å². The van der Waals surface area contributed by atoms with Gasteiger partial charge in [-0.1, -0.05) is 6.07 Å². The molecule has 7 heteroatoms. The van der Waals surface area contributed by atoms with Crippen LogP contribution in [0.25, 0.3) is 11.1 Å². The third-order valence-corrected chi connectivity index (χ3v) is 3.70. The lowest BCUT2D eigenvalue weighted by molar-refractivity contribution is 0.207. The van der Waals surface area contributed by atoms with Crippen LogP contribution in [0, 0.1) is 11.2 Å². The first kappa shape index (κ1) is 15.4. The van der Waals surface area contributed by atoms with Gasteiger partial charge in [-0.3, -0.25) is 5.41 Å². The van der Waals surface area contributed by atoms with Crippen LogP contribution in [0.4, 0.5) is 4.39 Å². The maximum Gasteiger partial charge on any atom is 0.240 e. The normalized spacial score (nSPS) is 13.7. The van der Waals surface area contributed by atoms with Crippen molar-refractivity contribution >= 4 is 5.90 Å². The van der Waals surface area contributed by atoms with Crippen LogP contribution in [0.2, 0.25) is 0 Å². The Morgan fingerprint density at radius 2 is 2.13 bits per heavy atom. The molecular weight excluding hydrogens is 299 g/mol. The van der Waals surface area contributed by atoms with Gasteiger partial charge in [0.1, 0.15) is 12.1 Å². The lowest BCUT2D eigenvalue weighted by Gasteiger charge is -2.13. The fraction of sp³-hybridized carbons (Fsp3) is 0.312. The van der Waals surface area contributed by atoms with Crippen molar-refractivity contribution in [2.24, 2.45) is 0 Å². The van der Waals surface area contributed by atoms with Gasteiger partial charge in [0.2, 0.25) is 11.8 Å². The molecule has 23 heavy (non-hydrogen) atoms. The largest absolute Gasteiger partial charge is 0.480 e. The average molecular weight is 316 g/mol. The second-order valence-electron chi connectivity index (χ2n) is 5.25. The Balaban J connectivity index is 2.12. The number of ether oxygens (including phenoxy) is 1. The number of hydrogen-bond donors (Lipinski definition) is 2. The predicted octanol–water partition coefficient (Wildman–Crippen LogP) is 2.65. The first-order chi connectivity index (χ1) is 11.2. The summed E-state index contributed by atoms with van der Waals surface area (Å²) in [5, 5.41) is 7.79. The van der Waals surface area contributed by atoms with E-state index in [0.717, 1.165) is 24.1 Å². The predicted molar refractivity (Wildman–Crippen MR) is 82.9 cm³/mol. The zero-order chi connectivity index (χ0) is 16.4. The number of nitrogens with one attached hydrogen (secondary N) is 2. The van der Waals surface area contributed by atoms with Crippen LogP contribution in [0.1, 0.15) is 30.0 Å². The number of nitrogens with zero attached hydrogens (tertiary/aromatic N) is 2. The van der Waals surface area contributed by atoms with Gasteiger partial charge in [-0.05, 0) is 30.5 Å². The molecule has 0 spiro atoms. The topological polar surface area (TPSA) is 80.1 Å². The Hall–Kier alpha value is -2.54. The first-order valence-electron chi connectivity index (χ1n) is 7.27. The summed E-state index contributed by atoms with van der Waals surface area (Å²) in [6.45, 7) is 0. The summed E-state index contributed by atoms with van der Waals surface area (Å²) in [7, 11) is 3.05. The van der Waals surface area contributed by atoms with E-state index < -0.39 is 5.82 Å². The number of halogens is 1. The molecule has 1 aliphatic rings. The van der Waals surface area contributed by atoms with Gasteiger partial charge in [-0.2, -0.15) is 5.48 Å². The van der Waals surface area contributed by atoms with E-state index in [1.165, 1.54) is 19.4 Å². The molecular formula is C16H17FN4O2. The molecule has 6 nitrogen and oxygen atoms in total. The van der Waals surface area contributed by atoms with Crippen molar-refractivity contribution in [3.05, 3.63) is 41.6 Å². The molecule has 1 aromatic heterocycles. The van der Waals surface area contributed by atoms with E-state index in [1.807, 2.05) is 0 Å². The summed E-state index contributed by atoms with van der Waals surface area (Å²) in [5.41, 5.74) is 4.78. The van der Waals surface area contributed by atoms with Crippen LogP contribution in [0.5, 0.6) is 5.88 Å². The molecule has 0 unspecified atom stereocenters. The summed E-state index contributed by atoms with van der Waals surface area (Å²) < 4.78 is 19.4. The van der Waals surface area contributed by atoms with E-state index in [9.17, 15) is 4.39 Å². The van der Waals surface area contributed by atoms with Crippen molar-refractivity contribution < 1.29 is 14.0 Å². The van der Waals surface area contributed by atoms with Gasteiger partial charge in [-0.25, -0.2) is 14.4 Å². The van der Waals surface area contributed by atoms with Gasteiger partial charge < -0.3 is 9.57 Å². The van der Waals surface area contributed by atoms with Crippen LogP contribution < -0.4 is 10.2 Å². The Morgan fingerprint density at radius 1 is 1.35 bits per heavy atom. The zero-order valence-corrected chi connectivity index (χ0v) is 12.9. The number of methoxy groups -OCH3 is 1.